The Kier molecular flexibility index (Phi) is 3.09. The lowest BCUT2D eigenvalue weighted by molar-refractivity contribution is -0.0134. The van der Waals surface area contributed by atoms with Gasteiger partial charge in [0.05, 0.1) is 16.3 Å². The van der Waals surface area contributed by atoms with Gasteiger partial charge in [-0.25, -0.2) is 0 Å². The Labute approximate surface area is 134 Å². The van der Waals surface area contributed by atoms with E-state index >= 15 is 0 Å². The summed E-state index contributed by atoms with van der Waals surface area (Å²) >= 11 is 6.24. The van der Waals surface area contributed by atoms with Crippen LogP contribution in [0.3, 0.4) is 0 Å². The van der Waals surface area contributed by atoms with Gasteiger partial charge in [-0.2, -0.15) is 0 Å². The van der Waals surface area contributed by atoms with Crippen molar-refractivity contribution in [2.75, 3.05) is 0 Å². The molecule has 5 rings (SSSR count). The number of halogens is 1. The maximum absolute atomic E-state index is 10.2. The molecule has 3 N–H and O–H groups in total. The van der Waals surface area contributed by atoms with Gasteiger partial charge in [0, 0.05) is 11.5 Å². The van der Waals surface area contributed by atoms with Crippen LogP contribution in [0.4, 0.5) is 0 Å². The summed E-state index contributed by atoms with van der Waals surface area (Å²) in [4.78, 5) is 0. The Balaban J connectivity index is 1.81. The van der Waals surface area contributed by atoms with Crippen LogP contribution in [0.25, 0.3) is 0 Å². The van der Waals surface area contributed by atoms with Gasteiger partial charge in [0.1, 0.15) is 11.5 Å². The van der Waals surface area contributed by atoms with Crippen molar-refractivity contribution in [3.63, 3.8) is 0 Å². The zero-order valence-corrected chi connectivity index (χ0v) is 13.1. The number of aromatic hydroxyl groups is 2. The second-order valence-electron chi connectivity index (χ2n) is 7.47. The molecule has 118 valence electrons. The number of hydrogen-bond donors (Lipinski definition) is 3. The fourth-order valence-electron chi connectivity index (χ4n) is 5.63. The van der Waals surface area contributed by atoms with E-state index in [4.69, 9.17) is 11.6 Å². The van der Waals surface area contributed by atoms with Crippen molar-refractivity contribution in [1.29, 1.82) is 0 Å². The van der Waals surface area contributed by atoms with E-state index in [1.165, 1.54) is 31.4 Å². The number of phenols is 2. The van der Waals surface area contributed by atoms with Crippen molar-refractivity contribution < 1.29 is 15.4 Å². The van der Waals surface area contributed by atoms with Gasteiger partial charge in [0.2, 0.25) is 0 Å². The zero-order valence-electron chi connectivity index (χ0n) is 12.3. The Morgan fingerprint density at radius 2 is 1.59 bits per heavy atom. The Morgan fingerprint density at radius 1 is 1.05 bits per heavy atom. The van der Waals surface area contributed by atoms with Crippen LogP contribution in [-0.2, 0) is 0 Å². The number of nitrogens with zero attached hydrogens (tertiary/aromatic N) is 1. The molecule has 0 radical (unpaired) electrons. The van der Waals surface area contributed by atoms with Gasteiger partial charge in [0.15, 0.2) is 0 Å². The van der Waals surface area contributed by atoms with Gasteiger partial charge in [-0.3, -0.25) is 0 Å². The van der Waals surface area contributed by atoms with Gasteiger partial charge >= 0.3 is 0 Å². The molecule has 0 atom stereocenters. The standard InChI is InChI=1S/C17H20ClNO3/c18-13-4-12(20)5-14(21)15(13)16(19-22)17-6-9-1-10(7-17)3-11(2-9)8-17/h4-5,9-11,20-22H,1-3,6-8H2. The first-order valence-electron chi connectivity index (χ1n) is 7.95. The number of hydrogen-bond acceptors (Lipinski definition) is 4. The molecule has 4 fully saturated rings. The fraction of sp³-hybridized carbons (Fsp3) is 0.588. The molecule has 4 aliphatic carbocycles. The summed E-state index contributed by atoms with van der Waals surface area (Å²) in [6.45, 7) is 0. The number of oxime groups is 1. The average Bonchev–Trinajstić information content (AvgIpc) is 2.40. The Bertz CT molecular complexity index is 597. The maximum atomic E-state index is 10.2. The Hall–Kier alpha value is -1.42. The first-order chi connectivity index (χ1) is 10.5. The Morgan fingerprint density at radius 3 is 2.05 bits per heavy atom. The molecule has 0 heterocycles. The van der Waals surface area contributed by atoms with Crippen LogP contribution >= 0.6 is 11.6 Å². The quantitative estimate of drug-likeness (QED) is 0.435. The van der Waals surface area contributed by atoms with E-state index in [2.05, 4.69) is 5.16 Å². The minimum absolute atomic E-state index is 0.0888. The zero-order chi connectivity index (χ0) is 15.5. The number of benzene rings is 1. The molecule has 0 spiro atoms. The molecular weight excluding hydrogens is 302 g/mol. The van der Waals surface area contributed by atoms with E-state index in [1.54, 1.807) is 0 Å². The third-order valence-corrected chi connectivity index (χ3v) is 6.23. The van der Waals surface area contributed by atoms with Crippen LogP contribution in [0.5, 0.6) is 11.5 Å². The van der Waals surface area contributed by atoms with Crippen LogP contribution in [0.15, 0.2) is 17.3 Å². The van der Waals surface area contributed by atoms with Crippen molar-refractivity contribution >= 4 is 17.3 Å². The molecule has 4 nitrogen and oxygen atoms in total. The largest absolute Gasteiger partial charge is 0.508 e. The number of rotatable bonds is 2. The minimum atomic E-state index is -0.179. The highest BCUT2D eigenvalue weighted by Crippen LogP contribution is 2.61. The maximum Gasteiger partial charge on any atom is 0.129 e. The molecule has 5 heteroatoms. The van der Waals surface area contributed by atoms with Gasteiger partial charge < -0.3 is 15.4 Å². The monoisotopic (exact) mass is 321 g/mol. The molecule has 0 aliphatic heterocycles. The van der Waals surface area contributed by atoms with E-state index in [0.29, 0.717) is 29.0 Å². The highest BCUT2D eigenvalue weighted by molar-refractivity contribution is 6.35. The predicted octanol–water partition coefficient (Wildman–Crippen LogP) is 4.15. The van der Waals surface area contributed by atoms with Crippen LogP contribution < -0.4 is 0 Å². The summed E-state index contributed by atoms with van der Waals surface area (Å²) < 4.78 is 0. The van der Waals surface area contributed by atoms with Gasteiger partial charge in [0.25, 0.3) is 0 Å². The SMILES string of the molecule is ON=C(c1c(O)cc(O)cc1Cl)C12CC3CC(CC(C3)C1)C2. The molecule has 4 aliphatic rings. The van der Waals surface area contributed by atoms with E-state index in [-0.39, 0.29) is 21.9 Å². The van der Waals surface area contributed by atoms with Crippen LogP contribution in [0.2, 0.25) is 5.02 Å². The molecule has 0 saturated heterocycles. The summed E-state index contributed by atoms with van der Waals surface area (Å²) in [6, 6.07) is 2.65. The first-order valence-corrected chi connectivity index (χ1v) is 8.33. The highest BCUT2D eigenvalue weighted by atomic mass is 35.5. The fourth-order valence-corrected chi connectivity index (χ4v) is 5.93. The lowest BCUT2D eigenvalue weighted by Crippen LogP contribution is -2.50. The number of phenolic OH excluding ortho intramolecular Hbond substituents is 2. The molecule has 1 aromatic carbocycles. The van der Waals surface area contributed by atoms with Crippen molar-refractivity contribution in [2.24, 2.45) is 28.3 Å². The summed E-state index contributed by atoms with van der Waals surface area (Å²) in [5.74, 6) is 1.88. The highest BCUT2D eigenvalue weighted by Gasteiger charge is 2.54. The minimum Gasteiger partial charge on any atom is -0.508 e. The van der Waals surface area contributed by atoms with Crippen molar-refractivity contribution in [3.8, 4) is 11.5 Å². The van der Waals surface area contributed by atoms with Gasteiger partial charge in [-0.1, -0.05) is 16.8 Å². The second kappa shape index (κ2) is 4.79. The van der Waals surface area contributed by atoms with Crippen LogP contribution in [0, 0.1) is 23.2 Å². The molecule has 22 heavy (non-hydrogen) atoms. The third-order valence-electron chi connectivity index (χ3n) is 5.93. The summed E-state index contributed by atoms with van der Waals surface area (Å²) in [6.07, 6.45) is 6.88. The molecule has 0 aromatic heterocycles. The molecule has 4 saturated carbocycles. The molecule has 1 aromatic rings. The normalized spacial score (nSPS) is 36.8. The molecule has 0 unspecified atom stereocenters. The van der Waals surface area contributed by atoms with E-state index in [1.807, 2.05) is 0 Å². The smallest absolute Gasteiger partial charge is 0.129 e. The third kappa shape index (κ3) is 2.00. The molecule has 0 amide bonds. The van der Waals surface area contributed by atoms with Crippen LogP contribution in [-0.4, -0.2) is 21.1 Å². The topological polar surface area (TPSA) is 73.1 Å². The first kappa shape index (κ1) is 14.2. The van der Waals surface area contributed by atoms with Gasteiger partial charge in [-0.05, 0) is 62.3 Å². The van der Waals surface area contributed by atoms with E-state index in [9.17, 15) is 15.4 Å². The molecular formula is C17H20ClNO3. The molecule has 4 bridgehead atoms. The van der Waals surface area contributed by atoms with E-state index < -0.39 is 0 Å². The lowest BCUT2D eigenvalue weighted by atomic mass is 9.48. The van der Waals surface area contributed by atoms with Crippen molar-refractivity contribution in [2.45, 2.75) is 38.5 Å². The predicted molar refractivity (Wildman–Crippen MR) is 83.7 cm³/mol. The average molecular weight is 322 g/mol. The van der Waals surface area contributed by atoms with Crippen molar-refractivity contribution in [3.05, 3.63) is 22.7 Å². The second-order valence-corrected chi connectivity index (χ2v) is 7.88. The summed E-state index contributed by atoms with van der Waals surface area (Å²) in [5, 5.41) is 33.3. The van der Waals surface area contributed by atoms with Crippen molar-refractivity contribution in [1.82, 2.24) is 0 Å². The van der Waals surface area contributed by atoms with E-state index in [0.717, 1.165) is 19.3 Å². The summed E-state index contributed by atoms with van der Waals surface area (Å²) in [5.41, 5.74) is 0.708. The summed E-state index contributed by atoms with van der Waals surface area (Å²) in [7, 11) is 0. The lowest BCUT2D eigenvalue weighted by Gasteiger charge is -2.56. The van der Waals surface area contributed by atoms with Crippen LogP contribution in [0.1, 0.15) is 44.1 Å². The van der Waals surface area contributed by atoms with Gasteiger partial charge in [-0.15, -0.1) is 0 Å².